The van der Waals surface area contributed by atoms with E-state index < -0.39 is 11.4 Å². The van der Waals surface area contributed by atoms with Crippen LogP contribution in [0.4, 0.5) is 0 Å². The van der Waals surface area contributed by atoms with E-state index in [2.05, 4.69) is 16.6 Å². The summed E-state index contributed by atoms with van der Waals surface area (Å²) in [5.41, 5.74) is -1.03. The molecule has 0 amide bonds. The van der Waals surface area contributed by atoms with E-state index in [1.165, 1.54) is 13.5 Å². The number of likely N-dealkylation sites (tertiary alicyclic amines) is 1. The summed E-state index contributed by atoms with van der Waals surface area (Å²) in [6.07, 6.45) is 3.53. The minimum absolute atomic E-state index is 0.0516. The zero-order chi connectivity index (χ0) is 13.8. The number of carbonyl (C=O) groups excluding carboxylic acids is 2. The normalized spacial score (nSPS) is 18.7. The van der Waals surface area contributed by atoms with Gasteiger partial charge in [0.2, 0.25) is 0 Å². The maximum absolute atomic E-state index is 12.1. The lowest BCUT2D eigenvalue weighted by molar-refractivity contribution is -0.156. The number of hydrogen-bond donors (Lipinski definition) is 0. The average Bonchev–Trinajstić information content (AvgIpc) is 2.38. The van der Waals surface area contributed by atoms with Crippen molar-refractivity contribution in [2.45, 2.75) is 40.0 Å². The fraction of sp³-hybridized carbons (Fsp3) is 0.857. The zero-order valence-corrected chi connectivity index (χ0v) is 12.0. The molecular formula is C14H25NO3. The van der Waals surface area contributed by atoms with Gasteiger partial charge in [-0.3, -0.25) is 14.5 Å². The molecule has 18 heavy (non-hydrogen) atoms. The smallest absolute Gasteiger partial charge is 0.318 e. The summed E-state index contributed by atoms with van der Waals surface area (Å²) in [6.45, 7) is 7.77. The molecule has 1 saturated heterocycles. The highest BCUT2D eigenvalue weighted by molar-refractivity contribution is 6.03. The fourth-order valence-electron chi connectivity index (χ4n) is 2.32. The molecule has 0 radical (unpaired) electrons. The molecule has 0 aromatic carbocycles. The summed E-state index contributed by atoms with van der Waals surface area (Å²) in [7, 11) is 1.32. The third-order valence-corrected chi connectivity index (χ3v) is 4.04. The van der Waals surface area contributed by atoms with Crippen molar-refractivity contribution < 1.29 is 14.3 Å². The number of ether oxygens (including phenoxy) is 1. The number of methoxy groups -OCH3 is 1. The van der Waals surface area contributed by atoms with E-state index in [0.717, 1.165) is 31.8 Å². The number of nitrogens with zero attached hydrogens (tertiary/aromatic N) is 1. The Morgan fingerprint density at radius 3 is 2.28 bits per heavy atom. The Bertz CT molecular complexity index is 304. The monoisotopic (exact) mass is 255 g/mol. The highest BCUT2D eigenvalue weighted by Crippen LogP contribution is 2.23. The molecule has 0 unspecified atom stereocenters. The van der Waals surface area contributed by atoms with E-state index in [1.54, 1.807) is 13.8 Å². The highest BCUT2D eigenvalue weighted by atomic mass is 16.5. The summed E-state index contributed by atoms with van der Waals surface area (Å²) < 4.78 is 4.68. The van der Waals surface area contributed by atoms with Crippen LogP contribution in [-0.2, 0) is 14.3 Å². The second kappa shape index (κ2) is 6.32. The Kier molecular flexibility index (Phi) is 5.32. The van der Waals surface area contributed by atoms with Gasteiger partial charge < -0.3 is 4.74 Å². The number of esters is 1. The van der Waals surface area contributed by atoms with Gasteiger partial charge in [-0.15, -0.1) is 0 Å². The first-order chi connectivity index (χ1) is 8.41. The maximum Gasteiger partial charge on any atom is 0.318 e. The van der Waals surface area contributed by atoms with Crippen LogP contribution in [0.1, 0.15) is 40.0 Å². The topological polar surface area (TPSA) is 46.6 Å². The van der Waals surface area contributed by atoms with E-state index in [9.17, 15) is 9.59 Å². The van der Waals surface area contributed by atoms with Gasteiger partial charge in [-0.25, -0.2) is 0 Å². The van der Waals surface area contributed by atoms with E-state index in [1.807, 2.05) is 0 Å². The van der Waals surface area contributed by atoms with Gasteiger partial charge in [-0.1, -0.05) is 13.3 Å². The molecular weight excluding hydrogens is 230 g/mol. The van der Waals surface area contributed by atoms with Gasteiger partial charge in [0.15, 0.2) is 5.78 Å². The van der Waals surface area contributed by atoms with Crippen LogP contribution in [0.3, 0.4) is 0 Å². The Hall–Kier alpha value is -0.900. The second-order valence-electron chi connectivity index (χ2n) is 5.67. The average molecular weight is 255 g/mol. The minimum atomic E-state index is -1.03. The molecule has 0 saturated carbocycles. The number of rotatable bonds is 5. The molecule has 1 rings (SSSR count). The predicted octanol–water partition coefficient (Wildman–Crippen LogP) is 1.88. The van der Waals surface area contributed by atoms with E-state index >= 15 is 0 Å². The van der Waals surface area contributed by atoms with Gasteiger partial charge in [0.1, 0.15) is 5.41 Å². The SMILES string of the molecule is CCC1CCN(CC(=O)C(C)(C)C(=O)OC)CC1. The number of hydrogen-bond acceptors (Lipinski definition) is 4. The molecule has 4 nitrogen and oxygen atoms in total. The van der Waals surface area contributed by atoms with Crippen molar-refractivity contribution in [3.05, 3.63) is 0 Å². The van der Waals surface area contributed by atoms with Crippen LogP contribution < -0.4 is 0 Å². The van der Waals surface area contributed by atoms with Crippen molar-refractivity contribution in [2.24, 2.45) is 11.3 Å². The van der Waals surface area contributed by atoms with Gasteiger partial charge in [-0.2, -0.15) is 0 Å². The van der Waals surface area contributed by atoms with Crippen molar-refractivity contribution in [3.8, 4) is 0 Å². The lowest BCUT2D eigenvalue weighted by atomic mass is 9.87. The molecule has 1 aliphatic rings. The van der Waals surface area contributed by atoms with Gasteiger partial charge in [-0.05, 0) is 45.7 Å². The Labute approximate surface area is 110 Å². The lowest BCUT2D eigenvalue weighted by Gasteiger charge is -2.32. The lowest BCUT2D eigenvalue weighted by Crippen LogP contribution is -2.44. The van der Waals surface area contributed by atoms with Crippen LogP contribution in [0.25, 0.3) is 0 Å². The summed E-state index contributed by atoms with van der Waals surface area (Å²) in [5, 5.41) is 0. The second-order valence-corrected chi connectivity index (χ2v) is 5.67. The van der Waals surface area contributed by atoms with Gasteiger partial charge in [0, 0.05) is 0 Å². The first kappa shape index (κ1) is 15.2. The van der Waals surface area contributed by atoms with Crippen molar-refractivity contribution in [1.29, 1.82) is 0 Å². The van der Waals surface area contributed by atoms with Crippen molar-refractivity contribution in [3.63, 3.8) is 0 Å². The maximum atomic E-state index is 12.1. The molecule has 0 aliphatic carbocycles. The standard InChI is InChI=1S/C14H25NO3/c1-5-11-6-8-15(9-7-11)10-12(16)14(2,3)13(17)18-4/h11H,5-10H2,1-4H3. The number of ketones is 1. The molecule has 1 fully saturated rings. The van der Waals surface area contributed by atoms with E-state index in [4.69, 9.17) is 0 Å². The quantitative estimate of drug-likeness (QED) is 0.556. The van der Waals surface area contributed by atoms with E-state index in [0.29, 0.717) is 6.54 Å². The van der Waals surface area contributed by atoms with Crippen LogP contribution in [-0.4, -0.2) is 43.4 Å². The summed E-state index contributed by atoms with van der Waals surface area (Å²) >= 11 is 0. The third-order valence-electron chi connectivity index (χ3n) is 4.04. The molecule has 1 aliphatic heterocycles. The molecule has 0 aromatic rings. The Balaban J connectivity index is 2.48. The first-order valence-electron chi connectivity index (χ1n) is 6.75. The predicted molar refractivity (Wildman–Crippen MR) is 70.3 cm³/mol. The molecule has 4 heteroatoms. The summed E-state index contributed by atoms with van der Waals surface area (Å²) in [5.74, 6) is 0.296. The van der Waals surface area contributed by atoms with Crippen LogP contribution >= 0.6 is 0 Å². The number of carbonyl (C=O) groups is 2. The molecule has 0 spiro atoms. The van der Waals surface area contributed by atoms with Crippen LogP contribution in [0.15, 0.2) is 0 Å². The van der Waals surface area contributed by atoms with Gasteiger partial charge in [0.05, 0.1) is 13.7 Å². The van der Waals surface area contributed by atoms with E-state index in [-0.39, 0.29) is 5.78 Å². The third kappa shape index (κ3) is 3.55. The van der Waals surface area contributed by atoms with Gasteiger partial charge in [0.25, 0.3) is 0 Å². The zero-order valence-electron chi connectivity index (χ0n) is 12.0. The minimum Gasteiger partial charge on any atom is -0.468 e. The molecule has 0 N–H and O–H groups in total. The molecule has 0 bridgehead atoms. The molecule has 0 aromatic heterocycles. The van der Waals surface area contributed by atoms with Gasteiger partial charge >= 0.3 is 5.97 Å². The van der Waals surface area contributed by atoms with Crippen LogP contribution in [0, 0.1) is 11.3 Å². The van der Waals surface area contributed by atoms with Crippen LogP contribution in [0.2, 0.25) is 0 Å². The molecule has 1 heterocycles. The van der Waals surface area contributed by atoms with Crippen molar-refractivity contribution >= 4 is 11.8 Å². The Morgan fingerprint density at radius 1 is 1.28 bits per heavy atom. The number of Topliss-reactive ketones (excluding diaryl/α,β-unsaturated/α-hetero) is 1. The van der Waals surface area contributed by atoms with Crippen LogP contribution in [0.5, 0.6) is 0 Å². The Morgan fingerprint density at radius 2 is 1.83 bits per heavy atom. The summed E-state index contributed by atoms with van der Waals surface area (Å²) in [4.78, 5) is 25.8. The first-order valence-corrected chi connectivity index (χ1v) is 6.75. The van der Waals surface area contributed by atoms with Crippen molar-refractivity contribution in [1.82, 2.24) is 4.90 Å². The van der Waals surface area contributed by atoms with Crippen molar-refractivity contribution in [2.75, 3.05) is 26.7 Å². The molecule has 0 atom stereocenters. The molecule has 104 valence electrons. The summed E-state index contributed by atoms with van der Waals surface area (Å²) in [6, 6.07) is 0. The largest absolute Gasteiger partial charge is 0.468 e. The number of piperidine rings is 1. The highest BCUT2D eigenvalue weighted by Gasteiger charge is 2.37. The fourth-order valence-corrected chi connectivity index (χ4v) is 2.32.